The van der Waals surface area contributed by atoms with Gasteiger partial charge in [-0.05, 0) is 35.4 Å². The van der Waals surface area contributed by atoms with Gasteiger partial charge in [0.05, 0.1) is 0 Å². The number of pyridine rings is 1. The van der Waals surface area contributed by atoms with Gasteiger partial charge in [-0.2, -0.15) is 0 Å². The summed E-state index contributed by atoms with van der Waals surface area (Å²) in [7, 11) is 0. The van der Waals surface area contributed by atoms with Gasteiger partial charge in [-0.15, -0.1) is 0 Å². The number of carbonyl (C=O) groups is 1. The molecule has 2 aromatic rings. The van der Waals surface area contributed by atoms with Gasteiger partial charge in [-0.1, -0.05) is 34.1 Å². The van der Waals surface area contributed by atoms with Crippen molar-refractivity contribution < 1.29 is 4.79 Å². The molecule has 0 amide bonds. The zero-order valence-corrected chi connectivity index (χ0v) is 10.6. The van der Waals surface area contributed by atoms with E-state index in [9.17, 15) is 4.79 Å². The Morgan fingerprint density at radius 1 is 1.12 bits per heavy atom. The molecule has 0 radical (unpaired) electrons. The quantitative estimate of drug-likeness (QED) is 0.639. The van der Waals surface area contributed by atoms with Crippen LogP contribution >= 0.6 is 15.9 Å². The van der Waals surface area contributed by atoms with E-state index in [1.165, 1.54) is 0 Å². The summed E-state index contributed by atoms with van der Waals surface area (Å²) in [4.78, 5) is 14.8. The van der Waals surface area contributed by atoms with E-state index in [1.807, 2.05) is 36.4 Å². The van der Waals surface area contributed by atoms with E-state index in [4.69, 9.17) is 0 Å². The first-order valence-electron chi connectivity index (χ1n) is 5.13. The number of hydrogen-bond donors (Lipinski definition) is 0. The molecule has 0 aliphatic heterocycles. The summed E-state index contributed by atoms with van der Waals surface area (Å²) in [6.07, 6.45) is 5.81. The predicted molar refractivity (Wildman–Crippen MR) is 71.5 cm³/mol. The lowest BCUT2D eigenvalue weighted by Gasteiger charge is -2.06. The number of carbonyl (C=O) groups excluding carboxylic acids is 1. The third-order valence-electron chi connectivity index (χ3n) is 2.36. The largest absolute Gasteiger partial charge is 0.299 e. The van der Waals surface area contributed by atoms with E-state index in [0.29, 0.717) is 0 Å². The van der Waals surface area contributed by atoms with Crippen molar-refractivity contribution in [2.75, 3.05) is 0 Å². The van der Waals surface area contributed by atoms with Crippen LogP contribution < -0.4 is 0 Å². The van der Waals surface area contributed by atoms with Crippen molar-refractivity contribution in [2.45, 2.75) is 0 Å². The van der Waals surface area contributed by atoms with Crippen LogP contribution in [0, 0.1) is 0 Å². The van der Waals surface area contributed by atoms with Gasteiger partial charge in [-0.25, -0.2) is 0 Å². The molecule has 0 spiro atoms. The third kappa shape index (κ3) is 2.88. The molecule has 0 saturated carbocycles. The van der Waals surface area contributed by atoms with Crippen LogP contribution in [0.4, 0.5) is 0 Å². The van der Waals surface area contributed by atoms with Crippen LogP contribution in [-0.2, 0) is 4.79 Å². The van der Waals surface area contributed by atoms with Crippen LogP contribution in [0.1, 0.15) is 11.1 Å². The minimum absolute atomic E-state index is 0.796. The smallest absolute Gasteiger partial charge is 0.143 e. The Bertz CT molecular complexity index is 532. The van der Waals surface area contributed by atoms with Gasteiger partial charge < -0.3 is 0 Å². The monoisotopic (exact) mass is 287 g/mol. The van der Waals surface area contributed by atoms with E-state index in [1.54, 1.807) is 18.5 Å². The summed E-state index contributed by atoms with van der Waals surface area (Å²) in [6, 6.07) is 11.6. The van der Waals surface area contributed by atoms with Crippen molar-refractivity contribution >= 4 is 27.8 Å². The third-order valence-corrected chi connectivity index (χ3v) is 2.89. The second-order valence-corrected chi connectivity index (χ2v) is 4.38. The minimum atomic E-state index is 0.796. The maximum atomic E-state index is 10.7. The van der Waals surface area contributed by atoms with Crippen LogP contribution in [0.5, 0.6) is 0 Å². The van der Waals surface area contributed by atoms with Crippen molar-refractivity contribution in [3.8, 4) is 0 Å². The number of allylic oxidation sites excluding steroid dienone is 1. The van der Waals surface area contributed by atoms with Gasteiger partial charge in [0.25, 0.3) is 0 Å². The van der Waals surface area contributed by atoms with Gasteiger partial charge in [0, 0.05) is 22.4 Å². The molecular weight excluding hydrogens is 278 g/mol. The summed E-state index contributed by atoms with van der Waals surface area (Å²) in [6.45, 7) is 0. The Morgan fingerprint density at radius 3 is 2.47 bits per heavy atom. The van der Waals surface area contributed by atoms with Crippen molar-refractivity contribution in [2.24, 2.45) is 0 Å². The lowest BCUT2D eigenvalue weighted by molar-refractivity contribution is -0.104. The van der Waals surface area contributed by atoms with Gasteiger partial charge in [0.1, 0.15) is 6.29 Å². The molecule has 1 heterocycles. The molecule has 0 fully saturated rings. The molecular formula is C14H10BrNO. The molecule has 0 atom stereocenters. The fourth-order valence-corrected chi connectivity index (χ4v) is 1.84. The summed E-state index contributed by atoms with van der Waals surface area (Å²) in [5.41, 5.74) is 2.80. The number of benzene rings is 1. The highest BCUT2D eigenvalue weighted by molar-refractivity contribution is 9.10. The maximum absolute atomic E-state index is 10.7. The van der Waals surface area contributed by atoms with E-state index >= 15 is 0 Å². The van der Waals surface area contributed by atoms with Crippen LogP contribution in [0.25, 0.3) is 5.57 Å². The number of rotatable bonds is 3. The molecule has 1 aromatic heterocycles. The van der Waals surface area contributed by atoms with E-state index in [-0.39, 0.29) is 0 Å². The minimum Gasteiger partial charge on any atom is -0.299 e. The predicted octanol–water partition coefficient (Wildman–Crippen LogP) is 3.47. The Kier molecular flexibility index (Phi) is 3.83. The Labute approximate surface area is 108 Å². The van der Waals surface area contributed by atoms with Crippen LogP contribution in [0.2, 0.25) is 0 Å². The SMILES string of the molecule is O=C/C=C(/c1ccc(Br)cc1)c1cccnc1. The van der Waals surface area contributed by atoms with Crippen molar-refractivity contribution in [1.29, 1.82) is 0 Å². The van der Waals surface area contributed by atoms with E-state index in [0.717, 1.165) is 27.5 Å². The Morgan fingerprint density at radius 2 is 1.88 bits per heavy atom. The molecule has 0 saturated heterocycles. The number of nitrogens with zero attached hydrogens (tertiary/aromatic N) is 1. The molecule has 84 valence electrons. The summed E-state index contributed by atoms with van der Waals surface area (Å²) < 4.78 is 1.01. The van der Waals surface area contributed by atoms with Gasteiger partial charge in [0.15, 0.2) is 0 Å². The molecule has 17 heavy (non-hydrogen) atoms. The highest BCUT2D eigenvalue weighted by atomic mass is 79.9. The zero-order chi connectivity index (χ0) is 12.1. The standard InChI is InChI=1S/C14H10BrNO/c15-13-5-3-11(4-6-13)14(7-9-17)12-2-1-8-16-10-12/h1-10H/b14-7-. The molecule has 0 N–H and O–H groups in total. The second kappa shape index (κ2) is 5.55. The maximum Gasteiger partial charge on any atom is 0.143 e. The molecule has 0 aliphatic rings. The number of hydrogen-bond acceptors (Lipinski definition) is 2. The second-order valence-electron chi connectivity index (χ2n) is 3.47. The molecule has 0 bridgehead atoms. The van der Waals surface area contributed by atoms with Crippen LogP contribution in [0.3, 0.4) is 0 Å². The van der Waals surface area contributed by atoms with Crippen molar-refractivity contribution in [3.05, 3.63) is 70.5 Å². The average Bonchev–Trinajstić information content (AvgIpc) is 2.38. The summed E-state index contributed by atoms with van der Waals surface area (Å²) >= 11 is 3.39. The fraction of sp³-hybridized carbons (Fsp3) is 0. The molecule has 2 nitrogen and oxygen atoms in total. The summed E-state index contributed by atoms with van der Waals surface area (Å²) in [5, 5.41) is 0. The number of aromatic nitrogens is 1. The Hall–Kier alpha value is -1.74. The molecule has 0 aliphatic carbocycles. The molecule has 2 rings (SSSR count). The van der Waals surface area contributed by atoms with E-state index < -0.39 is 0 Å². The highest BCUT2D eigenvalue weighted by Gasteiger charge is 2.04. The first kappa shape index (κ1) is 11.7. The van der Waals surface area contributed by atoms with Crippen molar-refractivity contribution in [3.63, 3.8) is 0 Å². The summed E-state index contributed by atoms with van der Waals surface area (Å²) in [5.74, 6) is 0. The average molecular weight is 288 g/mol. The molecule has 0 unspecified atom stereocenters. The highest BCUT2D eigenvalue weighted by Crippen LogP contribution is 2.23. The van der Waals surface area contributed by atoms with Gasteiger partial charge in [-0.3, -0.25) is 9.78 Å². The molecule has 3 heteroatoms. The van der Waals surface area contributed by atoms with Gasteiger partial charge in [0.2, 0.25) is 0 Å². The first-order valence-corrected chi connectivity index (χ1v) is 5.92. The van der Waals surface area contributed by atoms with Crippen LogP contribution in [-0.4, -0.2) is 11.3 Å². The topological polar surface area (TPSA) is 30.0 Å². The van der Waals surface area contributed by atoms with Gasteiger partial charge >= 0.3 is 0 Å². The zero-order valence-electron chi connectivity index (χ0n) is 9.01. The van der Waals surface area contributed by atoms with Crippen LogP contribution in [0.15, 0.2) is 59.3 Å². The number of aldehydes is 1. The lowest BCUT2D eigenvalue weighted by atomic mass is 9.99. The lowest BCUT2D eigenvalue weighted by Crippen LogP contribution is -1.89. The normalized spacial score (nSPS) is 11.2. The fourth-order valence-electron chi connectivity index (χ4n) is 1.58. The first-order chi connectivity index (χ1) is 8.31. The van der Waals surface area contributed by atoms with E-state index in [2.05, 4.69) is 20.9 Å². The Balaban J connectivity index is 2.47. The van der Waals surface area contributed by atoms with Crippen molar-refractivity contribution in [1.82, 2.24) is 4.98 Å². The molecule has 1 aromatic carbocycles. The number of halogens is 1.